The molecule has 0 N–H and O–H groups in total. The van der Waals surface area contributed by atoms with Gasteiger partial charge in [0.05, 0.1) is 11.2 Å². The van der Waals surface area contributed by atoms with Gasteiger partial charge in [0.2, 0.25) is 0 Å². The number of unbranched alkanes of at least 4 members (excludes halogenated alkanes) is 1. The molecule has 44 heavy (non-hydrogen) atoms. The van der Waals surface area contributed by atoms with Crippen LogP contribution in [0, 0.1) is 29.6 Å². The second-order valence-electron chi connectivity index (χ2n) is 15.4. The fourth-order valence-electron chi connectivity index (χ4n) is 5.29. The van der Waals surface area contributed by atoms with Crippen molar-refractivity contribution in [2.45, 2.75) is 164 Å². The molecule has 0 spiro atoms. The minimum absolute atomic E-state index is 0.0642. The number of hydrogen-bond acceptors (Lipinski definition) is 2. The Kier molecular flexibility index (Phi) is 24.0. The molecule has 256 valence electrons. The molecular weight excluding hydrogens is 536 g/mol. The zero-order chi connectivity index (χ0) is 33.4. The zero-order valence-electron chi connectivity index (χ0n) is 31.6. The maximum atomic E-state index is 5.50. The Hall–Kier alpha value is -1.38. The van der Waals surface area contributed by atoms with E-state index in [9.17, 15) is 0 Å². The first-order chi connectivity index (χ1) is 20.7. The standard InChI is InChI=1S/C42H76O2/c1-35(23-15-25-37(3)27-17-29-39(5)31-19-33-41(7,8)43-11)21-13-14-22-36(2)24-16-26-38(4)28-18-30-40(6)32-20-34-42(9,10)44-12/h15,18-20,23,28-29,31-32,35-38,40H,13-14,16-17,21-22,24-27,30,33-34H2,1-12H3/b23-15+,28-18+,31-19+,32-20+,39-29+. The lowest BCUT2D eigenvalue weighted by molar-refractivity contribution is 0.0251. The minimum Gasteiger partial charge on any atom is -0.378 e. The van der Waals surface area contributed by atoms with Crippen molar-refractivity contribution in [3.8, 4) is 0 Å². The third kappa shape index (κ3) is 25.9. The van der Waals surface area contributed by atoms with Crippen LogP contribution in [0.3, 0.4) is 0 Å². The highest BCUT2D eigenvalue weighted by Crippen LogP contribution is 2.22. The summed E-state index contributed by atoms with van der Waals surface area (Å²) >= 11 is 0. The van der Waals surface area contributed by atoms with Crippen LogP contribution in [-0.2, 0) is 9.47 Å². The summed E-state index contributed by atoms with van der Waals surface area (Å²) in [7, 11) is 3.57. The van der Waals surface area contributed by atoms with Crippen molar-refractivity contribution in [2.75, 3.05) is 14.2 Å². The van der Waals surface area contributed by atoms with E-state index in [1.165, 1.54) is 63.4 Å². The van der Waals surface area contributed by atoms with Crippen molar-refractivity contribution in [3.63, 3.8) is 0 Å². The van der Waals surface area contributed by atoms with Gasteiger partial charge in [0.25, 0.3) is 0 Å². The topological polar surface area (TPSA) is 18.5 Å². The summed E-state index contributed by atoms with van der Waals surface area (Å²) in [4.78, 5) is 0. The van der Waals surface area contributed by atoms with E-state index in [1.54, 1.807) is 14.2 Å². The van der Waals surface area contributed by atoms with Gasteiger partial charge in [-0.3, -0.25) is 0 Å². The normalized spacial score (nSPS) is 17.3. The molecule has 0 heterocycles. The smallest absolute Gasteiger partial charge is 0.0657 e. The molecule has 0 aromatic carbocycles. The maximum Gasteiger partial charge on any atom is 0.0657 e. The molecule has 0 aliphatic rings. The van der Waals surface area contributed by atoms with Gasteiger partial charge in [0, 0.05) is 14.2 Å². The molecular formula is C42H76O2. The van der Waals surface area contributed by atoms with Crippen LogP contribution < -0.4 is 0 Å². The highest BCUT2D eigenvalue weighted by Gasteiger charge is 2.14. The Morgan fingerprint density at radius 1 is 0.568 bits per heavy atom. The van der Waals surface area contributed by atoms with Gasteiger partial charge in [-0.25, -0.2) is 0 Å². The van der Waals surface area contributed by atoms with E-state index in [0.717, 1.165) is 37.5 Å². The van der Waals surface area contributed by atoms with E-state index >= 15 is 0 Å². The van der Waals surface area contributed by atoms with Crippen molar-refractivity contribution in [2.24, 2.45) is 29.6 Å². The maximum absolute atomic E-state index is 5.50. The molecule has 2 nitrogen and oxygen atoms in total. The van der Waals surface area contributed by atoms with Crippen LogP contribution in [0.15, 0.2) is 60.3 Å². The van der Waals surface area contributed by atoms with Gasteiger partial charge in [-0.15, -0.1) is 0 Å². The van der Waals surface area contributed by atoms with E-state index in [-0.39, 0.29) is 11.2 Å². The SMILES string of the molecule is COC(C)(C)C/C=C/C(C)=C/CCC(C)C/C=C/C(C)CCCCC(C)CCCC(C)/C=C/CC(C)/C=C/CC(C)(C)OC. The van der Waals surface area contributed by atoms with Gasteiger partial charge in [-0.05, 0) is 116 Å². The molecule has 0 aromatic rings. The highest BCUT2D eigenvalue weighted by molar-refractivity contribution is 5.16. The molecule has 0 saturated heterocycles. The Labute approximate surface area is 276 Å². The molecule has 0 fully saturated rings. The minimum atomic E-state index is -0.0789. The van der Waals surface area contributed by atoms with Crippen LogP contribution in [0.1, 0.15) is 153 Å². The van der Waals surface area contributed by atoms with Crippen molar-refractivity contribution >= 4 is 0 Å². The number of allylic oxidation sites excluding steroid dienone is 8. The van der Waals surface area contributed by atoms with E-state index < -0.39 is 0 Å². The number of rotatable bonds is 26. The molecule has 0 aliphatic heterocycles. The van der Waals surface area contributed by atoms with E-state index in [2.05, 4.69) is 124 Å². The molecule has 0 saturated carbocycles. The predicted molar refractivity (Wildman–Crippen MR) is 198 cm³/mol. The number of ether oxygens (including phenoxy) is 2. The van der Waals surface area contributed by atoms with Crippen molar-refractivity contribution in [1.29, 1.82) is 0 Å². The van der Waals surface area contributed by atoms with Gasteiger partial charge in [0.15, 0.2) is 0 Å². The summed E-state index contributed by atoms with van der Waals surface area (Å²) in [5, 5.41) is 0. The molecule has 0 aromatic heterocycles. The first-order valence-corrected chi connectivity index (χ1v) is 18.1. The zero-order valence-corrected chi connectivity index (χ0v) is 31.6. The summed E-state index contributed by atoms with van der Waals surface area (Å²) in [6.45, 7) is 22.7. The molecule has 0 radical (unpaired) electrons. The molecule has 0 rings (SSSR count). The van der Waals surface area contributed by atoms with Gasteiger partial charge in [-0.2, -0.15) is 0 Å². The molecule has 0 aliphatic carbocycles. The monoisotopic (exact) mass is 613 g/mol. The molecule has 5 atom stereocenters. The van der Waals surface area contributed by atoms with Crippen LogP contribution in [-0.4, -0.2) is 25.4 Å². The highest BCUT2D eigenvalue weighted by atomic mass is 16.5. The number of hydrogen-bond donors (Lipinski definition) is 0. The first-order valence-electron chi connectivity index (χ1n) is 18.1. The van der Waals surface area contributed by atoms with Crippen LogP contribution in [0.5, 0.6) is 0 Å². The van der Waals surface area contributed by atoms with Crippen LogP contribution >= 0.6 is 0 Å². The van der Waals surface area contributed by atoms with Gasteiger partial charge >= 0.3 is 0 Å². The van der Waals surface area contributed by atoms with Crippen molar-refractivity contribution in [1.82, 2.24) is 0 Å². The first kappa shape index (κ1) is 42.6. The Bertz CT molecular complexity index is 840. The molecule has 2 heteroatoms. The predicted octanol–water partition coefficient (Wildman–Crippen LogP) is 13.3. The van der Waals surface area contributed by atoms with E-state index in [0.29, 0.717) is 17.8 Å². The van der Waals surface area contributed by atoms with Gasteiger partial charge in [-0.1, -0.05) is 127 Å². The van der Waals surface area contributed by atoms with Crippen LogP contribution in [0.25, 0.3) is 0 Å². The second-order valence-corrected chi connectivity index (χ2v) is 15.4. The lowest BCUT2D eigenvalue weighted by Crippen LogP contribution is -2.20. The summed E-state index contributed by atoms with van der Waals surface area (Å²) in [5.41, 5.74) is 1.22. The Balaban J connectivity index is 3.98. The van der Waals surface area contributed by atoms with Crippen LogP contribution in [0.2, 0.25) is 0 Å². The average molecular weight is 613 g/mol. The van der Waals surface area contributed by atoms with Crippen molar-refractivity contribution < 1.29 is 9.47 Å². The molecule has 0 bridgehead atoms. The largest absolute Gasteiger partial charge is 0.378 e. The van der Waals surface area contributed by atoms with Gasteiger partial charge < -0.3 is 9.47 Å². The quantitative estimate of drug-likeness (QED) is 0.0549. The summed E-state index contributed by atoms with van der Waals surface area (Å²) in [6, 6.07) is 0. The Morgan fingerprint density at radius 2 is 1.07 bits per heavy atom. The summed E-state index contributed by atoms with van der Waals surface area (Å²) < 4.78 is 11.0. The van der Waals surface area contributed by atoms with E-state index in [1.807, 2.05) is 0 Å². The average Bonchev–Trinajstić information content (AvgIpc) is 2.95. The second kappa shape index (κ2) is 24.8. The molecule has 0 amide bonds. The Morgan fingerprint density at radius 3 is 1.68 bits per heavy atom. The summed E-state index contributed by atoms with van der Waals surface area (Å²) in [5.74, 6) is 3.56. The number of methoxy groups -OCH3 is 2. The fourth-order valence-corrected chi connectivity index (χ4v) is 5.29. The van der Waals surface area contributed by atoms with Crippen molar-refractivity contribution in [3.05, 3.63) is 60.3 Å². The third-order valence-corrected chi connectivity index (χ3v) is 9.23. The fraction of sp³-hybridized carbons (Fsp3) is 0.762. The lowest BCUT2D eigenvalue weighted by Gasteiger charge is -2.20. The third-order valence-electron chi connectivity index (χ3n) is 9.23. The van der Waals surface area contributed by atoms with Crippen LogP contribution in [0.4, 0.5) is 0 Å². The molecule has 5 unspecified atom stereocenters. The van der Waals surface area contributed by atoms with Gasteiger partial charge in [0.1, 0.15) is 0 Å². The lowest BCUT2D eigenvalue weighted by atomic mass is 9.93. The summed E-state index contributed by atoms with van der Waals surface area (Å²) in [6.07, 6.45) is 37.3. The van der Waals surface area contributed by atoms with E-state index in [4.69, 9.17) is 9.47 Å².